The number of aryl methyl sites for hydroxylation is 2. The molecule has 38 heavy (non-hydrogen) atoms. The first-order valence-electron chi connectivity index (χ1n) is 12.6. The third kappa shape index (κ3) is 5.33. The van der Waals surface area contributed by atoms with Crippen LogP contribution < -0.4 is 9.64 Å². The van der Waals surface area contributed by atoms with E-state index in [1.165, 1.54) is 0 Å². The van der Waals surface area contributed by atoms with Gasteiger partial charge in [0.2, 0.25) is 0 Å². The first kappa shape index (κ1) is 26.0. The van der Waals surface area contributed by atoms with Crippen LogP contribution in [0.4, 0.5) is 10.5 Å². The molecular formula is C27H32BrN7O3. The van der Waals surface area contributed by atoms with Gasteiger partial charge in [-0.2, -0.15) is 5.10 Å². The fraction of sp³-hybridized carbons (Fsp3) is 0.407. The zero-order chi connectivity index (χ0) is 27.2. The smallest absolute Gasteiger partial charge is 0.410 e. The van der Waals surface area contributed by atoms with E-state index in [0.717, 1.165) is 28.0 Å². The number of piperazine rings is 1. The Morgan fingerprint density at radius 1 is 1.18 bits per heavy atom. The van der Waals surface area contributed by atoms with Gasteiger partial charge in [-0.1, -0.05) is 0 Å². The van der Waals surface area contributed by atoms with Crippen LogP contribution in [0.15, 0.2) is 41.1 Å². The third-order valence-corrected chi connectivity index (χ3v) is 6.93. The quantitative estimate of drug-likeness (QED) is 0.331. The van der Waals surface area contributed by atoms with Crippen molar-refractivity contribution in [2.75, 3.05) is 24.5 Å². The van der Waals surface area contributed by atoms with Crippen molar-refractivity contribution in [3.05, 3.63) is 46.8 Å². The highest BCUT2D eigenvalue weighted by atomic mass is 79.9. The number of aromatic nitrogens is 5. The van der Waals surface area contributed by atoms with E-state index in [2.05, 4.69) is 47.8 Å². The summed E-state index contributed by atoms with van der Waals surface area (Å²) < 4.78 is 14.3. The Labute approximate surface area is 230 Å². The SMILES string of the molecule is Cc1nn(C)cc1-c1nc2ncc(Br)c(Oc3ccc(N4CCN(C(=O)OC(C)(C)C)C[C@@H]4C)cc3)c2[nH]1. The topological polar surface area (TPSA) is 101 Å². The van der Waals surface area contributed by atoms with E-state index in [9.17, 15) is 4.79 Å². The average Bonchev–Trinajstić information content (AvgIpc) is 3.42. The number of H-pyrrole nitrogens is 1. The van der Waals surface area contributed by atoms with Crippen molar-refractivity contribution in [1.82, 2.24) is 29.6 Å². The Balaban J connectivity index is 1.32. The standard InChI is InChI=1S/C27H32BrN7O3/c1-16-14-34(26(36)38-27(3,4)5)11-12-35(16)18-7-9-19(10-8-18)37-23-21(28)13-29-25-22(23)30-24(31-25)20-15-33(6)32-17(20)2/h7-10,13,15-16H,11-12,14H2,1-6H3,(H,29,30,31)/t16-/m0/s1. The number of rotatable bonds is 4. The number of halogens is 1. The minimum Gasteiger partial charge on any atom is -0.454 e. The lowest BCUT2D eigenvalue weighted by molar-refractivity contribution is 0.0219. The van der Waals surface area contributed by atoms with E-state index >= 15 is 0 Å². The summed E-state index contributed by atoms with van der Waals surface area (Å²) >= 11 is 3.58. The molecular weight excluding hydrogens is 550 g/mol. The molecule has 1 fully saturated rings. The molecule has 4 heterocycles. The number of carbonyl (C=O) groups excluding carboxylic acids is 1. The molecule has 0 spiro atoms. The Morgan fingerprint density at radius 3 is 2.55 bits per heavy atom. The van der Waals surface area contributed by atoms with Crippen LogP contribution in [0.1, 0.15) is 33.4 Å². The Kier molecular flexibility index (Phi) is 6.81. The number of imidazole rings is 1. The zero-order valence-corrected chi connectivity index (χ0v) is 24.0. The molecule has 200 valence electrons. The van der Waals surface area contributed by atoms with Crippen molar-refractivity contribution in [1.29, 1.82) is 0 Å². The van der Waals surface area contributed by atoms with E-state index < -0.39 is 5.60 Å². The summed E-state index contributed by atoms with van der Waals surface area (Å²) in [6.45, 7) is 11.7. The third-order valence-electron chi connectivity index (χ3n) is 6.36. The molecule has 10 nitrogen and oxygen atoms in total. The fourth-order valence-electron chi connectivity index (χ4n) is 4.63. The molecule has 1 N–H and O–H groups in total. The van der Waals surface area contributed by atoms with Gasteiger partial charge in [0, 0.05) is 50.8 Å². The van der Waals surface area contributed by atoms with Crippen LogP contribution >= 0.6 is 15.9 Å². The molecule has 1 amide bonds. The van der Waals surface area contributed by atoms with Gasteiger partial charge in [0.1, 0.15) is 22.7 Å². The molecule has 11 heteroatoms. The number of aromatic amines is 1. The van der Waals surface area contributed by atoms with Gasteiger partial charge in [-0.05, 0) is 74.8 Å². The molecule has 0 unspecified atom stereocenters. The maximum Gasteiger partial charge on any atom is 0.410 e. The molecule has 1 saturated heterocycles. The van der Waals surface area contributed by atoms with Crippen molar-refractivity contribution in [3.63, 3.8) is 0 Å². The van der Waals surface area contributed by atoms with Gasteiger partial charge in [0.05, 0.1) is 15.7 Å². The van der Waals surface area contributed by atoms with Crippen LogP contribution in [-0.4, -0.2) is 67.0 Å². The lowest BCUT2D eigenvalue weighted by Crippen LogP contribution is -2.54. The van der Waals surface area contributed by atoms with Gasteiger partial charge in [-0.3, -0.25) is 4.68 Å². The summed E-state index contributed by atoms with van der Waals surface area (Å²) in [6.07, 6.45) is 3.36. The molecule has 0 aliphatic carbocycles. The molecule has 1 aliphatic heterocycles. The summed E-state index contributed by atoms with van der Waals surface area (Å²) in [6, 6.07) is 8.13. The number of hydrogen-bond donors (Lipinski definition) is 1. The predicted molar refractivity (Wildman–Crippen MR) is 150 cm³/mol. The molecule has 5 rings (SSSR count). The number of nitrogens with zero attached hydrogens (tertiary/aromatic N) is 6. The van der Waals surface area contributed by atoms with Crippen molar-refractivity contribution >= 4 is 38.9 Å². The zero-order valence-electron chi connectivity index (χ0n) is 22.4. The number of carbonyl (C=O) groups is 1. The summed E-state index contributed by atoms with van der Waals surface area (Å²) in [5.74, 6) is 1.99. The number of pyridine rings is 1. The Morgan fingerprint density at radius 2 is 1.92 bits per heavy atom. The second kappa shape index (κ2) is 9.94. The van der Waals surface area contributed by atoms with Crippen LogP contribution in [0.25, 0.3) is 22.6 Å². The number of nitrogens with one attached hydrogen (secondary N) is 1. The normalized spacial score (nSPS) is 16.2. The molecule has 1 aliphatic rings. The second-order valence-corrected chi connectivity index (χ2v) is 11.4. The summed E-state index contributed by atoms with van der Waals surface area (Å²) in [7, 11) is 1.88. The van der Waals surface area contributed by atoms with E-state index in [-0.39, 0.29) is 12.1 Å². The Hall–Kier alpha value is -3.60. The maximum atomic E-state index is 12.5. The minimum atomic E-state index is -0.502. The largest absolute Gasteiger partial charge is 0.454 e. The lowest BCUT2D eigenvalue weighted by atomic mass is 10.1. The summed E-state index contributed by atoms with van der Waals surface area (Å²) in [5.41, 5.74) is 3.63. The maximum absolute atomic E-state index is 12.5. The molecule has 0 radical (unpaired) electrons. The highest BCUT2D eigenvalue weighted by Crippen LogP contribution is 2.37. The second-order valence-electron chi connectivity index (χ2n) is 10.6. The highest BCUT2D eigenvalue weighted by Gasteiger charge is 2.30. The van der Waals surface area contributed by atoms with Crippen LogP contribution in [0, 0.1) is 6.92 Å². The number of hydrogen-bond acceptors (Lipinski definition) is 7. The van der Waals surface area contributed by atoms with Gasteiger partial charge >= 0.3 is 6.09 Å². The van der Waals surface area contributed by atoms with E-state index in [1.54, 1.807) is 15.8 Å². The molecule has 4 aromatic rings. The molecule has 0 saturated carbocycles. The van der Waals surface area contributed by atoms with Gasteiger partial charge in [0.15, 0.2) is 11.4 Å². The molecule has 3 aromatic heterocycles. The van der Waals surface area contributed by atoms with Gasteiger partial charge in [0.25, 0.3) is 0 Å². The highest BCUT2D eigenvalue weighted by molar-refractivity contribution is 9.10. The molecule has 1 aromatic carbocycles. The van der Waals surface area contributed by atoms with Crippen molar-refractivity contribution < 1.29 is 14.3 Å². The minimum absolute atomic E-state index is 0.149. The number of amides is 1. The number of ether oxygens (including phenoxy) is 2. The number of anilines is 1. The van der Waals surface area contributed by atoms with Gasteiger partial charge < -0.3 is 24.3 Å². The number of benzene rings is 1. The van der Waals surface area contributed by atoms with Gasteiger partial charge in [-0.25, -0.2) is 14.8 Å². The molecule has 0 bridgehead atoms. The Bertz CT molecular complexity index is 1470. The van der Waals surface area contributed by atoms with Gasteiger partial charge in [-0.15, -0.1) is 0 Å². The first-order chi connectivity index (χ1) is 18.0. The van der Waals surface area contributed by atoms with Crippen molar-refractivity contribution in [3.8, 4) is 22.9 Å². The fourth-order valence-corrected chi connectivity index (χ4v) is 5.01. The van der Waals surface area contributed by atoms with Crippen molar-refractivity contribution in [2.45, 2.75) is 46.3 Å². The lowest BCUT2D eigenvalue weighted by Gasteiger charge is -2.41. The monoisotopic (exact) mass is 581 g/mol. The van der Waals surface area contributed by atoms with Crippen LogP contribution in [-0.2, 0) is 11.8 Å². The van der Waals surface area contributed by atoms with Crippen LogP contribution in [0.5, 0.6) is 11.5 Å². The average molecular weight is 583 g/mol. The summed E-state index contributed by atoms with van der Waals surface area (Å²) in [5, 5.41) is 4.41. The molecule has 1 atom stereocenters. The van der Waals surface area contributed by atoms with Crippen molar-refractivity contribution in [2.24, 2.45) is 7.05 Å². The summed E-state index contributed by atoms with van der Waals surface area (Å²) in [4.78, 5) is 29.0. The van der Waals surface area contributed by atoms with Crippen LogP contribution in [0.2, 0.25) is 0 Å². The van der Waals surface area contributed by atoms with E-state index in [0.29, 0.717) is 41.6 Å². The van der Waals surface area contributed by atoms with Crippen LogP contribution in [0.3, 0.4) is 0 Å². The first-order valence-corrected chi connectivity index (χ1v) is 13.3. The predicted octanol–water partition coefficient (Wildman–Crippen LogP) is 5.67. The number of fused-ring (bicyclic) bond motifs is 1. The van der Waals surface area contributed by atoms with E-state index in [4.69, 9.17) is 9.47 Å². The van der Waals surface area contributed by atoms with E-state index in [1.807, 2.05) is 65.2 Å².